The fraction of sp³-hybridized carbons (Fsp3) is 0.600. The van der Waals surface area contributed by atoms with Gasteiger partial charge in [0.05, 0.1) is 19.8 Å². The number of nitrogens with one attached hydrogen (secondary N) is 1. The number of aryl methyl sites for hydroxylation is 1. The quantitative estimate of drug-likeness (QED) is 0.659. The molecule has 0 fully saturated rings. The van der Waals surface area contributed by atoms with Gasteiger partial charge in [0.25, 0.3) is 0 Å². The first kappa shape index (κ1) is 16.0. The minimum atomic E-state index is 0.644. The molecule has 4 heteroatoms. The molecular formula is C15H25NO3. The molecule has 19 heavy (non-hydrogen) atoms. The van der Waals surface area contributed by atoms with Crippen LogP contribution in [0.5, 0.6) is 5.75 Å². The summed E-state index contributed by atoms with van der Waals surface area (Å²) >= 11 is 0. The maximum atomic E-state index is 5.80. The molecule has 0 unspecified atom stereocenters. The highest BCUT2D eigenvalue weighted by Gasteiger charge is 2.03. The predicted molar refractivity (Wildman–Crippen MR) is 76.7 cm³/mol. The van der Waals surface area contributed by atoms with Gasteiger partial charge in [-0.3, -0.25) is 0 Å². The second kappa shape index (κ2) is 9.78. The van der Waals surface area contributed by atoms with Crippen LogP contribution in [0.25, 0.3) is 0 Å². The smallest absolute Gasteiger partial charge is 0.123 e. The lowest BCUT2D eigenvalue weighted by Crippen LogP contribution is -2.10. The molecule has 0 heterocycles. The van der Waals surface area contributed by atoms with E-state index in [1.807, 2.05) is 13.1 Å². The van der Waals surface area contributed by atoms with E-state index in [2.05, 4.69) is 24.4 Å². The Bertz CT molecular complexity index is 355. The fourth-order valence-corrected chi connectivity index (χ4v) is 1.77. The Morgan fingerprint density at radius 1 is 1.11 bits per heavy atom. The van der Waals surface area contributed by atoms with E-state index in [9.17, 15) is 0 Å². The summed E-state index contributed by atoms with van der Waals surface area (Å²) < 4.78 is 16.1. The maximum absolute atomic E-state index is 5.80. The first-order valence-corrected chi connectivity index (χ1v) is 6.71. The van der Waals surface area contributed by atoms with Crippen LogP contribution in [0.4, 0.5) is 0 Å². The number of hydrogen-bond donors (Lipinski definition) is 1. The Morgan fingerprint density at radius 3 is 2.68 bits per heavy atom. The lowest BCUT2D eigenvalue weighted by molar-refractivity contribution is 0.0644. The van der Waals surface area contributed by atoms with E-state index >= 15 is 0 Å². The average Bonchev–Trinajstić information content (AvgIpc) is 2.40. The largest absolute Gasteiger partial charge is 0.493 e. The van der Waals surface area contributed by atoms with Crippen molar-refractivity contribution < 1.29 is 14.2 Å². The van der Waals surface area contributed by atoms with Gasteiger partial charge in [-0.2, -0.15) is 0 Å². The molecule has 0 aliphatic rings. The maximum Gasteiger partial charge on any atom is 0.123 e. The molecule has 4 nitrogen and oxygen atoms in total. The first-order chi connectivity index (χ1) is 9.27. The Hall–Kier alpha value is -1.10. The molecule has 1 rings (SSSR count). The highest BCUT2D eigenvalue weighted by Crippen LogP contribution is 2.20. The lowest BCUT2D eigenvalue weighted by atomic mass is 10.1. The summed E-state index contributed by atoms with van der Waals surface area (Å²) in [6, 6.07) is 6.26. The third-order valence-corrected chi connectivity index (χ3v) is 2.71. The van der Waals surface area contributed by atoms with Crippen LogP contribution in [-0.4, -0.2) is 40.6 Å². The second-order valence-electron chi connectivity index (χ2n) is 4.45. The first-order valence-electron chi connectivity index (χ1n) is 6.71. The van der Waals surface area contributed by atoms with E-state index in [-0.39, 0.29) is 0 Å². The predicted octanol–water partition coefficient (Wildman–Crippen LogP) is 2.15. The molecule has 0 aromatic heterocycles. The summed E-state index contributed by atoms with van der Waals surface area (Å²) in [7, 11) is 3.61. The summed E-state index contributed by atoms with van der Waals surface area (Å²) in [6.45, 7) is 5.58. The van der Waals surface area contributed by atoms with Gasteiger partial charge in [0.15, 0.2) is 0 Å². The molecule has 0 aliphatic carbocycles. The Morgan fingerprint density at radius 2 is 1.95 bits per heavy atom. The molecule has 0 spiro atoms. The Labute approximate surface area is 116 Å². The highest BCUT2D eigenvalue weighted by molar-refractivity contribution is 5.36. The van der Waals surface area contributed by atoms with E-state index in [4.69, 9.17) is 14.2 Å². The van der Waals surface area contributed by atoms with Gasteiger partial charge < -0.3 is 19.5 Å². The molecule has 0 saturated carbocycles. The normalized spacial score (nSPS) is 10.7. The number of ether oxygens (including phenoxy) is 3. The zero-order valence-corrected chi connectivity index (χ0v) is 12.2. The van der Waals surface area contributed by atoms with Crippen molar-refractivity contribution in [3.8, 4) is 5.75 Å². The van der Waals surface area contributed by atoms with E-state index < -0.39 is 0 Å². The van der Waals surface area contributed by atoms with Crippen LogP contribution in [0, 0.1) is 6.92 Å². The average molecular weight is 267 g/mol. The second-order valence-corrected chi connectivity index (χ2v) is 4.45. The van der Waals surface area contributed by atoms with Crippen molar-refractivity contribution in [1.29, 1.82) is 0 Å². The van der Waals surface area contributed by atoms with Crippen LogP contribution < -0.4 is 10.1 Å². The third kappa shape index (κ3) is 6.57. The summed E-state index contributed by atoms with van der Waals surface area (Å²) in [4.78, 5) is 0. The summed E-state index contributed by atoms with van der Waals surface area (Å²) in [5, 5.41) is 3.16. The van der Waals surface area contributed by atoms with E-state index in [0.29, 0.717) is 26.4 Å². The minimum absolute atomic E-state index is 0.644. The number of hydrogen-bond acceptors (Lipinski definition) is 4. The van der Waals surface area contributed by atoms with Crippen molar-refractivity contribution in [2.24, 2.45) is 0 Å². The van der Waals surface area contributed by atoms with Crippen molar-refractivity contribution in [1.82, 2.24) is 5.32 Å². The highest BCUT2D eigenvalue weighted by atomic mass is 16.5. The Balaban J connectivity index is 2.28. The van der Waals surface area contributed by atoms with Gasteiger partial charge in [-0.25, -0.2) is 0 Å². The molecule has 0 atom stereocenters. The van der Waals surface area contributed by atoms with Crippen LogP contribution in [-0.2, 0) is 16.0 Å². The summed E-state index contributed by atoms with van der Waals surface area (Å²) in [5.74, 6) is 0.955. The van der Waals surface area contributed by atoms with Gasteiger partial charge in [-0.15, -0.1) is 0 Å². The van der Waals surface area contributed by atoms with Gasteiger partial charge in [-0.1, -0.05) is 17.7 Å². The summed E-state index contributed by atoms with van der Waals surface area (Å²) in [6.07, 6.45) is 0.886. The van der Waals surface area contributed by atoms with Crippen molar-refractivity contribution in [2.75, 3.05) is 40.6 Å². The monoisotopic (exact) mass is 267 g/mol. The molecule has 1 aromatic rings. The van der Waals surface area contributed by atoms with Gasteiger partial charge in [0.1, 0.15) is 5.75 Å². The SMILES string of the molecule is CNCc1cc(C)ccc1OCCCOCCOC. The van der Waals surface area contributed by atoms with Crippen molar-refractivity contribution in [2.45, 2.75) is 19.9 Å². The van der Waals surface area contributed by atoms with E-state index in [0.717, 1.165) is 18.7 Å². The molecular weight excluding hydrogens is 242 g/mol. The Kier molecular flexibility index (Phi) is 8.21. The molecule has 1 N–H and O–H groups in total. The topological polar surface area (TPSA) is 39.7 Å². The van der Waals surface area contributed by atoms with Crippen LogP contribution in [0.2, 0.25) is 0 Å². The number of rotatable bonds is 10. The molecule has 108 valence electrons. The van der Waals surface area contributed by atoms with Gasteiger partial charge in [0.2, 0.25) is 0 Å². The standard InChI is InChI=1S/C15H25NO3/c1-13-5-6-15(14(11-13)12-16-2)19-8-4-7-18-10-9-17-3/h5-6,11,16H,4,7-10,12H2,1-3H3. The van der Waals surface area contributed by atoms with Crippen molar-refractivity contribution in [3.63, 3.8) is 0 Å². The van der Waals surface area contributed by atoms with Gasteiger partial charge >= 0.3 is 0 Å². The van der Waals surface area contributed by atoms with Crippen LogP contribution in [0.15, 0.2) is 18.2 Å². The van der Waals surface area contributed by atoms with Crippen LogP contribution >= 0.6 is 0 Å². The zero-order valence-electron chi connectivity index (χ0n) is 12.2. The third-order valence-electron chi connectivity index (χ3n) is 2.71. The molecule has 0 saturated heterocycles. The van der Waals surface area contributed by atoms with E-state index in [1.165, 1.54) is 11.1 Å². The molecule has 0 amide bonds. The van der Waals surface area contributed by atoms with Gasteiger partial charge in [0, 0.05) is 32.2 Å². The lowest BCUT2D eigenvalue weighted by Gasteiger charge is -2.12. The molecule has 1 aromatic carbocycles. The van der Waals surface area contributed by atoms with Crippen LogP contribution in [0.1, 0.15) is 17.5 Å². The van der Waals surface area contributed by atoms with E-state index in [1.54, 1.807) is 7.11 Å². The van der Waals surface area contributed by atoms with Crippen molar-refractivity contribution in [3.05, 3.63) is 29.3 Å². The van der Waals surface area contributed by atoms with Gasteiger partial charge in [-0.05, 0) is 20.0 Å². The zero-order chi connectivity index (χ0) is 13.9. The summed E-state index contributed by atoms with van der Waals surface area (Å²) in [5.41, 5.74) is 2.45. The molecule has 0 bridgehead atoms. The fourth-order valence-electron chi connectivity index (χ4n) is 1.77. The molecule has 0 aliphatic heterocycles. The van der Waals surface area contributed by atoms with Crippen molar-refractivity contribution >= 4 is 0 Å². The number of benzene rings is 1. The minimum Gasteiger partial charge on any atom is -0.493 e. The molecule has 0 radical (unpaired) electrons. The number of methoxy groups -OCH3 is 1. The van der Waals surface area contributed by atoms with Crippen LogP contribution in [0.3, 0.4) is 0 Å².